The summed E-state index contributed by atoms with van der Waals surface area (Å²) >= 11 is 1.31. The van der Waals surface area contributed by atoms with E-state index in [9.17, 15) is 18.0 Å². The van der Waals surface area contributed by atoms with Crippen LogP contribution in [0.25, 0.3) is 0 Å². The van der Waals surface area contributed by atoms with Gasteiger partial charge in [0, 0.05) is 38.3 Å². The van der Waals surface area contributed by atoms with Crippen LogP contribution in [0.5, 0.6) is 0 Å². The smallest absolute Gasteiger partial charge is 0.323 e. The molecule has 11 heteroatoms. The van der Waals surface area contributed by atoms with Gasteiger partial charge >= 0.3 is 6.03 Å². The van der Waals surface area contributed by atoms with Crippen molar-refractivity contribution in [1.29, 1.82) is 0 Å². The largest absolute Gasteiger partial charge is 0.336 e. The molecule has 27 heavy (non-hydrogen) atoms. The van der Waals surface area contributed by atoms with Gasteiger partial charge in [0.2, 0.25) is 15.9 Å². The number of nitrogens with zero attached hydrogens (tertiary/aromatic N) is 3. The standard InChI is InChI=1S/C16H19N5O4S2/c1-20(2)27(24,25)13-5-3-11(4-6-13)18-14(22)9-12-10-26-16(19-12)21-8-7-17-15(21)23/h3-6,10H,7-9H2,1-2H3,(H,17,23)(H,18,22). The number of anilines is 2. The summed E-state index contributed by atoms with van der Waals surface area (Å²) in [6.45, 7) is 1.13. The number of hydrogen-bond donors (Lipinski definition) is 2. The highest BCUT2D eigenvalue weighted by Gasteiger charge is 2.24. The Morgan fingerprint density at radius 2 is 2.04 bits per heavy atom. The van der Waals surface area contributed by atoms with Gasteiger partial charge in [-0.25, -0.2) is 22.5 Å². The van der Waals surface area contributed by atoms with Crippen molar-refractivity contribution in [2.75, 3.05) is 37.4 Å². The lowest BCUT2D eigenvalue weighted by atomic mass is 10.3. The van der Waals surface area contributed by atoms with Crippen molar-refractivity contribution < 1.29 is 18.0 Å². The van der Waals surface area contributed by atoms with Crippen molar-refractivity contribution in [3.63, 3.8) is 0 Å². The summed E-state index contributed by atoms with van der Waals surface area (Å²) in [7, 11) is -0.591. The molecule has 1 fully saturated rings. The molecule has 2 heterocycles. The number of rotatable bonds is 6. The van der Waals surface area contributed by atoms with Gasteiger partial charge in [-0.05, 0) is 24.3 Å². The summed E-state index contributed by atoms with van der Waals surface area (Å²) in [5.74, 6) is -0.277. The number of hydrogen-bond acceptors (Lipinski definition) is 6. The number of carbonyl (C=O) groups excluding carboxylic acids is 2. The van der Waals surface area contributed by atoms with Crippen molar-refractivity contribution in [2.24, 2.45) is 0 Å². The van der Waals surface area contributed by atoms with E-state index in [1.165, 1.54) is 54.6 Å². The molecule has 0 aliphatic carbocycles. The highest BCUT2D eigenvalue weighted by molar-refractivity contribution is 7.89. The lowest BCUT2D eigenvalue weighted by Crippen LogP contribution is -2.27. The van der Waals surface area contributed by atoms with E-state index in [-0.39, 0.29) is 23.3 Å². The molecular formula is C16H19N5O4S2. The molecule has 1 aliphatic rings. The van der Waals surface area contributed by atoms with Gasteiger partial charge in [0.15, 0.2) is 5.13 Å². The zero-order chi connectivity index (χ0) is 19.6. The van der Waals surface area contributed by atoms with Gasteiger partial charge in [-0.15, -0.1) is 11.3 Å². The molecule has 2 aromatic rings. The van der Waals surface area contributed by atoms with E-state index in [0.29, 0.717) is 29.6 Å². The van der Waals surface area contributed by atoms with E-state index >= 15 is 0 Å². The normalized spacial score (nSPS) is 14.5. The molecule has 0 spiro atoms. The number of thiazole rings is 1. The molecule has 2 N–H and O–H groups in total. The Labute approximate surface area is 161 Å². The molecule has 0 bridgehead atoms. The molecular weight excluding hydrogens is 390 g/mol. The maximum Gasteiger partial charge on any atom is 0.323 e. The summed E-state index contributed by atoms with van der Waals surface area (Å²) in [4.78, 5) is 29.9. The highest BCUT2D eigenvalue weighted by Crippen LogP contribution is 2.22. The Balaban J connectivity index is 1.61. The van der Waals surface area contributed by atoms with Gasteiger partial charge in [0.25, 0.3) is 0 Å². The highest BCUT2D eigenvalue weighted by atomic mass is 32.2. The van der Waals surface area contributed by atoms with E-state index < -0.39 is 10.0 Å². The average Bonchev–Trinajstić information content (AvgIpc) is 3.23. The average molecular weight is 409 g/mol. The first-order chi connectivity index (χ1) is 12.8. The van der Waals surface area contributed by atoms with Gasteiger partial charge in [0.1, 0.15) is 0 Å². The van der Waals surface area contributed by atoms with Crippen molar-refractivity contribution in [3.05, 3.63) is 35.3 Å². The number of aromatic nitrogens is 1. The molecule has 144 valence electrons. The molecule has 0 saturated carbocycles. The Kier molecular flexibility index (Phi) is 5.44. The maximum atomic E-state index is 12.2. The van der Waals surface area contributed by atoms with E-state index in [1.807, 2.05) is 0 Å². The van der Waals surface area contributed by atoms with Crippen LogP contribution in [-0.4, -0.2) is 56.8 Å². The third-order valence-electron chi connectivity index (χ3n) is 3.89. The fourth-order valence-electron chi connectivity index (χ4n) is 2.45. The van der Waals surface area contributed by atoms with Crippen LogP contribution in [0.15, 0.2) is 34.5 Å². The molecule has 1 saturated heterocycles. The summed E-state index contributed by atoms with van der Waals surface area (Å²) in [5.41, 5.74) is 1.06. The second kappa shape index (κ2) is 7.62. The Morgan fingerprint density at radius 1 is 1.33 bits per heavy atom. The number of nitrogens with one attached hydrogen (secondary N) is 2. The molecule has 9 nitrogen and oxygen atoms in total. The van der Waals surface area contributed by atoms with Crippen LogP contribution in [0.2, 0.25) is 0 Å². The fourth-order valence-corrected chi connectivity index (χ4v) is 4.20. The van der Waals surface area contributed by atoms with Crippen LogP contribution in [0.3, 0.4) is 0 Å². The summed E-state index contributed by atoms with van der Waals surface area (Å²) in [6, 6.07) is 5.77. The van der Waals surface area contributed by atoms with Gasteiger partial charge in [-0.1, -0.05) is 0 Å². The third-order valence-corrected chi connectivity index (χ3v) is 6.63. The minimum absolute atomic E-state index is 0.0592. The van der Waals surface area contributed by atoms with Gasteiger partial charge in [0.05, 0.1) is 17.0 Å². The van der Waals surface area contributed by atoms with Crippen molar-refractivity contribution in [2.45, 2.75) is 11.3 Å². The lowest BCUT2D eigenvalue weighted by Gasteiger charge is -2.12. The van der Waals surface area contributed by atoms with Crippen molar-refractivity contribution in [1.82, 2.24) is 14.6 Å². The molecule has 0 radical (unpaired) electrons. The topological polar surface area (TPSA) is 112 Å². The summed E-state index contributed by atoms with van der Waals surface area (Å²) < 4.78 is 25.2. The van der Waals surface area contributed by atoms with E-state index in [2.05, 4.69) is 15.6 Å². The van der Waals surface area contributed by atoms with Crippen LogP contribution in [-0.2, 0) is 21.2 Å². The number of benzene rings is 1. The molecule has 0 unspecified atom stereocenters. The van der Waals surface area contributed by atoms with Crippen molar-refractivity contribution in [3.8, 4) is 0 Å². The zero-order valence-corrected chi connectivity index (χ0v) is 16.4. The first-order valence-electron chi connectivity index (χ1n) is 8.09. The quantitative estimate of drug-likeness (QED) is 0.742. The molecule has 0 atom stereocenters. The predicted octanol–water partition coefficient (Wildman–Crippen LogP) is 1.10. The Morgan fingerprint density at radius 3 is 2.63 bits per heavy atom. The first-order valence-corrected chi connectivity index (χ1v) is 10.4. The number of urea groups is 1. The fraction of sp³-hybridized carbons (Fsp3) is 0.312. The minimum atomic E-state index is -3.51. The van der Waals surface area contributed by atoms with E-state index in [0.717, 1.165) is 4.31 Å². The summed E-state index contributed by atoms with van der Waals surface area (Å²) in [5, 5.41) is 7.72. The van der Waals surface area contributed by atoms with Crippen LogP contribution in [0.4, 0.5) is 15.6 Å². The Hall–Kier alpha value is -2.50. The molecule has 1 aromatic carbocycles. The lowest BCUT2D eigenvalue weighted by molar-refractivity contribution is -0.115. The number of carbonyl (C=O) groups is 2. The molecule has 1 aliphatic heterocycles. The van der Waals surface area contributed by atoms with Gasteiger partial charge in [-0.2, -0.15) is 0 Å². The van der Waals surface area contributed by atoms with E-state index in [4.69, 9.17) is 0 Å². The molecule has 3 rings (SSSR count). The first kappa shape index (κ1) is 19.3. The van der Waals surface area contributed by atoms with Crippen LogP contribution in [0.1, 0.15) is 5.69 Å². The van der Waals surface area contributed by atoms with Crippen molar-refractivity contribution >= 4 is 44.1 Å². The van der Waals surface area contributed by atoms with Gasteiger partial charge < -0.3 is 10.6 Å². The zero-order valence-electron chi connectivity index (χ0n) is 14.8. The molecule has 3 amide bonds. The second-order valence-electron chi connectivity index (χ2n) is 6.04. The Bertz CT molecular complexity index is 953. The monoisotopic (exact) mass is 409 g/mol. The van der Waals surface area contributed by atoms with E-state index in [1.54, 1.807) is 5.38 Å². The summed E-state index contributed by atoms with van der Waals surface area (Å²) in [6.07, 6.45) is 0.0592. The van der Waals surface area contributed by atoms with Crippen LogP contribution >= 0.6 is 11.3 Å². The minimum Gasteiger partial charge on any atom is -0.336 e. The third kappa shape index (κ3) is 4.26. The number of amides is 3. The van der Waals surface area contributed by atoms with Crippen LogP contribution < -0.4 is 15.5 Å². The van der Waals surface area contributed by atoms with Crippen LogP contribution in [0, 0.1) is 0 Å². The maximum absolute atomic E-state index is 12.2. The second-order valence-corrected chi connectivity index (χ2v) is 9.03. The van der Waals surface area contributed by atoms with Gasteiger partial charge in [-0.3, -0.25) is 9.69 Å². The number of sulfonamides is 1. The SMILES string of the molecule is CN(C)S(=O)(=O)c1ccc(NC(=O)Cc2csc(N3CCNC3=O)n2)cc1. The molecule has 1 aromatic heterocycles. The predicted molar refractivity (Wildman–Crippen MR) is 103 cm³/mol.